The second kappa shape index (κ2) is 7.96. The summed E-state index contributed by atoms with van der Waals surface area (Å²) in [5.41, 5.74) is 1.97. The number of aryl methyl sites for hydroxylation is 2. The maximum absolute atomic E-state index is 12.1. The van der Waals surface area contributed by atoms with Crippen LogP contribution in [0.5, 0.6) is 5.75 Å². The van der Waals surface area contributed by atoms with Gasteiger partial charge in [-0.1, -0.05) is 18.2 Å². The second-order valence-electron chi connectivity index (χ2n) is 6.25. The zero-order chi connectivity index (χ0) is 17.6. The molecule has 1 aromatic heterocycles. The molecule has 0 unspecified atom stereocenters. The molecule has 1 heterocycles. The van der Waals surface area contributed by atoms with Gasteiger partial charge < -0.3 is 10.1 Å². The third-order valence-corrected chi connectivity index (χ3v) is 4.32. The molecule has 1 N–H and O–H groups in total. The van der Waals surface area contributed by atoms with Crippen LogP contribution >= 0.6 is 0 Å². The van der Waals surface area contributed by atoms with Crippen LogP contribution in [-0.2, 0) is 24.2 Å². The molecule has 1 aliphatic rings. The molecule has 0 radical (unpaired) electrons. The van der Waals surface area contributed by atoms with Crippen molar-refractivity contribution in [3.63, 3.8) is 0 Å². The minimum atomic E-state index is -0.601. The first-order valence-electron chi connectivity index (χ1n) is 8.73. The van der Waals surface area contributed by atoms with Crippen molar-refractivity contribution in [2.24, 2.45) is 0 Å². The van der Waals surface area contributed by atoms with E-state index in [1.807, 2.05) is 18.2 Å². The number of carbonyl (C=O) groups excluding carboxylic acids is 1. The van der Waals surface area contributed by atoms with E-state index in [0.29, 0.717) is 18.8 Å². The highest BCUT2D eigenvalue weighted by Gasteiger charge is 2.15. The molecule has 1 amide bonds. The fraction of sp³-hybridized carbons (Fsp3) is 0.421. The zero-order valence-corrected chi connectivity index (χ0v) is 14.4. The van der Waals surface area contributed by atoms with Crippen molar-refractivity contribution in [3.8, 4) is 5.75 Å². The van der Waals surface area contributed by atoms with Gasteiger partial charge >= 0.3 is 0 Å². The van der Waals surface area contributed by atoms with E-state index in [-0.39, 0.29) is 11.5 Å². The molecule has 0 aliphatic heterocycles. The average molecular weight is 341 g/mol. The minimum Gasteiger partial charge on any atom is -0.481 e. The topological polar surface area (TPSA) is 73.2 Å². The number of rotatable bonds is 6. The van der Waals surface area contributed by atoms with Crippen LogP contribution in [0, 0.1) is 0 Å². The van der Waals surface area contributed by atoms with Crippen molar-refractivity contribution < 1.29 is 9.53 Å². The Kier molecular flexibility index (Phi) is 5.48. The predicted molar refractivity (Wildman–Crippen MR) is 94.7 cm³/mol. The molecular formula is C19H23N3O3. The van der Waals surface area contributed by atoms with Crippen LogP contribution in [0.25, 0.3) is 0 Å². The van der Waals surface area contributed by atoms with Crippen molar-refractivity contribution >= 4 is 5.91 Å². The highest BCUT2D eigenvalue weighted by molar-refractivity contribution is 5.80. The van der Waals surface area contributed by atoms with Gasteiger partial charge in [0.05, 0.1) is 12.2 Å². The monoisotopic (exact) mass is 341 g/mol. The Bertz CT molecular complexity index is 786. The largest absolute Gasteiger partial charge is 0.481 e. The zero-order valence-electron chi connectivity index (χ0n) is 14.4. The quantitative estimate of drug-likeness (QED) is 0.868. The first-order chi connectivity index (χ1) is 12.1. The van der Waals surface area contributed by atoms with Gasteiger partial charge in [0.1, 0.15) is 5.75 Å². The van der Waals surface area contributed by atoms with Crippen LogP contribution in [0.4, 0.5) is 0 Å². The Balaban J connectivity index is 1.52. The molecule has 6 heteroatoms. The molecule has 0 bridgehead atoms. The number of aromatic nitrogens is 2. The molecule has 0 fully saturated rings. The minimum absolute atomic E-state index is 0.108. The van der Waals surface area contributed by atoms with E-state index < -0.39 is 6.10 Å². The summed E-state index contributed by atoms with van der Waals surface area (Å²) in [6.45, 7) is 2.40. The maximum Gasteiger partial charge on any atom is 0.267 e. The van der Waals surface area contributed by atoms with Crippen molar-refractivity contribution in [3.05, 3.63) is 58.0 Å². The molecule has 132 valence electrons. The lowest BCUT2D eigenvalue weighted by molar-refractivity contribution is -0.127. The van der Waals surface area contributed by atoms with E-state index in [1.54, 1.807) is 25.1 Å². The number of ether oxygens (including phenoxy) is 1. The Hall–Kier alpha value is -2.63. The van der Waals surface area contributed by atoms with Crippen molar-refractivity contribution in [2.45, 2.75) is 45.3 Å². The number of nitrogens with zero attached hydrogens (tertiary/aromatic N) is 2. The van der Waals surface area contributed by atoms with E-state index in [2.05, 4.69) is 10.4 Å². The van der Waals surface area contributed by atoms with Crippen molar-refractivity contribution in [2.75, 3.05) is 6.54 Å². The van der Waals surface area contributed by atoms with E-state index in [4.69, 9.17) is 4.74 Å². The molecule has 1 aromatic carbocycles. The first kappa shape index (κ1) is 17.2. The number of nitrogens with one attached hydrogen (secondary N) is 1. The fourth-order valence-electron chi connectivity index (χ4n) is 2.95. The average Bonchev–Trinajstić information content (AvgIpc) is 2.62. The van der Waals surface area contributed by atoms with E-state index >= 15 is 0 Å². The molecular weight excluding hydrogens is 318 g/mol. The van der Waals surface area contributed by atoms with Crippen LogP contribution in [0.15, 0.2) is 41.2 Å². The van der Waals surface area contributed by atoms with Gasteiger partial charge in [-0.3, -0.25) is 9.59 Å². The Morgan fingerprint density at radius 1 is 1.28 bits per heavy atom. The number of fused-ring (bicyclic) bond motifs is 1. The summed E-state index contributed by atoms with van der Waals surface area (Å²) in [4.78, 5) is 24.2. The molecule has 0 saturated carbocycles. The molecule has 1 atom stereocenters. The van der Waals surface area contributed by atoms with Gasteiger partial charge in [-0.25, -0.2) is 4.68 Å². The molecule has 3 rings (SSSR count). The second-order valence-corrected chi connectivity index (χ2v) is 6.25. The maximum atomic E-state index is 12.1. The number of hydrogen-bond acceptors (Lipinski definition) is 4. The van der Waals surface area contributed by atoms with Gasteiger partial charge in [-0.15, -0.1) is 0 Å². The molecule has 1 aliphatic carbocycles. The Morgan fingerprint density at radius 3 is 2.84 bits per heavy atom. The summed E-state index contributed by atoms with van der Waals surface area (Å²) in [5.74, 6) is 0.438. The first-order valence-corrected chi connectivity index (χ1v) is 8.73. The van der Waals surface area contributed by atoms with Gasteiger partial charge in [0.2, 0.25) is 0 Å². The van der Waals surface area contributed by atoms with Crippen LogP contribution in [0.3, 0.4) is 0 Å². The summed E-state index contributed by atoms with van der Waals surface area (Å²) >= 11 is 0. The summed E-state index contributed by atoms with van der Waals surface area (Å²) in [5, 5.41) is 7.24. The smallest absolute Gasteiger partial charge is 0.267 e. The Morgan fingerprint density at radius 2 is 2.04 bits per heavy atom. The predicted octanol–water partition coefficient (Wildman–Crippen LogP) is 1.71. The van der Waals surface area contributed by atoms with Gasteiger partial charge in [-0.2, -0.15) is 5.10 Å². The number of hydrogen-bond donors (Lipinski definition) is 1. The van der Waals surface area contributed by atoms with Crippen LogP contribution in [0.2, 0.25) is 0 Å². The fourth-order valence-corrected chi connectivity index (χ4v) is 2.95. The van der Waals surface area contributed by atoms with Gasteiger partial charge in [0.25, 0.3) is 11.5 Å². The van der Waals surface area contributed by atoms with Crippen LogP contribution in [0.1, 0.15) is 31.0 Å². The molecule has 2 aromatic rings. The van der Waals surface area contributed by atoms with E-state index in [1.165, 1.54) is 4.68 Å². The third-order valence-electron chi connectivity index (χ3n) is 4.32. The highest BCUT2D eigenvalue weighted by atomic mass is 16.5. The Labute approximate surface area is 146 Å². The number of benzene rings is 1. The summed E-state index contributed by atoms with van der Waals surface area (Å²) < 4.78 is 7.02. The molecule has 0 spiro atoms. The van der Waals surface area contributed by atoms with Gasteiger partial charge in [0.15, 0.2) is 6.10 Å². The SMILES string of the molecule is C[C@@H](Oc1ccccc1)C(=O)NCCn1nc2c(cc1=O)CCCC2. The summed E-state index contributed by atoms with van der Waals surface area (Å²) in [6.07, 6.45) is 3.49. The number of carbonyl (C=O) groups is 1. The lowest BCUT2D eigenvalue weighted by atomic mass is 9.97. The number of amides is 1. The molecule has 6 nitrogen and oxygen atoms in total. The van der Waals surface area contributed by atoms with Crippen molar-refractivity contribution in [1.82, 2.24) is 15.1 Å². The van der Waals surface area contributed by atoms with Gasteiger partial charge in [0, 0.05) is 12.6 Å². The van der Waals surface area contributed by atoms with Crippen molar-refractivity contribution in [1.29, 1.82) is 0 Å². The highest BCUT2D eigenvalue weighted by Crippen LogP contribution is 2.16. The van der Waals surface area contributed by atoms with Crippen LogP contribution < -0.4 is 15.6 Å². The number of para-hydroxylation sites is 1. The summed E-state index contributed by atoms with van der Waals surface area (Å²) in [7, 11) is 0. The summed E-state index contributed by atoms with van der Waals surface area (Å²) in [6, 6.07) is 10.9. The van der Waals surface area contributed by atoms with E-state index in [9.17, 15) is 9.59 Å². The van der Waals surface area contributed by atoms with E-state index in [0.717, 1.165) is 36.9 Å². The van der Waals surface area contributed by atoms with Crippen LogP contribution in [-0.4, -0.2) is 28.3 Å². The normalized spacial score (nSPS) is 14.4. The molecule has 0 saturated heterocycles. The lowest BCUT2D eigenvalue weighted by Gasteiger charge is -2.17. The standard InChI is InChI=1S/C19H23N3O3/c1-14(25-16-8-3-2-4-9-16)19(24)20-11-12-22-18(23)13-15-7-5-6-10-17(15)21-22/h2-4,8-9,13-14H,5-7,10-12H2,1H3,(H,20,24)/t14-/m1/s1. The van der Waals surface area contributed by atoms with Gasteiger partial charge in [-0.05, 0) is 50.3 Å². The molecule has 25 heavy (non-hydrogen) atoms. The third kappa shape index (κ3) is 4.47. The lowest BCUT2D eigenvalue weighted by Crippen LogP contribution is -2.39.